The van der Waals surface area contributed by atoms with Crippen molar-refractivity contribution in [2.45, 2.75) is 52.2 Å². The van der Waals surface area contributed by atoms with E-state index in [0.29, 0.717) is 23.7 Å². The van der Waals surface area contributed by atoms with E-state index < -0.39 is 0 Å². The number of halogens is 1. The number of benzene rings is 1. The molecule has 1 aromatic rings. The molecule has 0 aromatic heterocycles. The molecule has 21 heavy (non-hydrogen) atoms. The number of hydrogen-bond donors (Lipinski definition) is 1. The van der Waals surface area contributed by atoms with Gasteiger partial charge in [-0.25, -0.2) is 4.39 Å². The van der Waals surface area contributed by atoms with Crippen LogP contribution >= 0.6 is 0 Å². The van der Waals surface area contributed by atoms with Gasteiger partial charge in [0.2, 0.25) is 0 Å². The fourth-order valence-electron chi connectivity index (χ4n) is 2.71. The molecule has 3 heteroatoms. The molecular formula is C18H24FNO. The van der Waals surface area contributed by atoms with Crippen LogP contribution in [0.2, 0.25) is 0 Å². The summed E-state index contributed by atoms with van der Waals surface area (Å²) in [5.74, 6) is 5.33. The zero-order valence-electron chi connectivity index (χ0n) is 12.9. The summed E-state index contributed by atoms with van der Waals surface area (Å²) in [6.45, 7) is 5.33. The first-order chi connectivity index (χ1) is 9.98. The Morgan fingerprint density at radius 3 is 2.67 bits per heavy atom. The molecule has 0 radical (unpaired) electrons. The Hall–Kier alpha value is -1.37. The highest BCUT2D eigenvalue weighted by Crippen LogP contribution is 2.36. The highest BCUT2D eigenvalue weighted by molar-refractivity contribution is 5.37. The lowest BCUT2D eigenvalue weighted by atomic mass is 9.76. The smallest absolute Gasteiger partial charge is 0.124 e. The van der Waals surface area contributed by atoms with Gasteiger partial charge in [-0.1, -0.05) is 25.7 Å². The minimum absolute atomic E-state index is 0.276. The number of rotatable bonds is 3. The molecule has 0 bridgehead atoms. The molecule has 2 nitrogen and oxygen atoms in total. The van der Waals surface area contributed by atoms with Crippen molar-refractivity contribution in [1.82, 2.24) is 0 Å². The first kappa shape index (κ1) is 16.0. The fourth-order valence-corrected chi connectivity index (χ4v) is 2.71. The Kier molecular flexibility index (Phi) is 5.39. The van der Waals surface area contributed by atoms with Gasteiger partial charge in [-0.05, 0) is 54.9 Å². The first-order valence-electron chi connectivity index (χ1n) is 7.58. The lowest BCUT2D eigenvalue weighted by Gasteiger charge is -2.34. The zero-order chi connectivity index (χ0) is 15.3. The second-order valence-corrected chi connectivity index (χ2v) is 6.53. The molecule has 0 spiro atoms. The molecule has 0 amide bonds. The van der Waals surface area contributed by atoms with Gasteiger partial charge in [-0.15, -0.1) is 0 Å². The van der Waals surface area contributed by atoms with E-state index >= 15 is 0 Å². The molecule has 1 aliphatic carbocycles. The molecule has 0 aliphatic heterocycles. The van der Waals surface area contributed by atoms with Gasteiger partial charge in [-0.2, -0.15) is 0 Å². The first-order valence-corrected chi connectivity index (χ1v) is 7.58. The van der Waals surface area contributed by atoms with E-state index in [9.17, 15) is 4.39 Å². The summed E-state index contributed by atoms with van der Waals surface area (Å²) in [7, 11) is 0. The minimum Gasteiger partial charge on any atom is -0.374 e. The monoisotopic (exact) mass is 289 g/mol. The third-order valence-corrected chi connectivity index (χ3v) is 4.06. The third kappa shape index (κ3) is 5.15. The van der Waals surface area contributed by atoms with Gasteiger partial charge in [0.15, 0.2) is 0 Å². The average Bonchev–Trinajstić information content (AvgIpc) is 2.43. The quantitative estimate of drug-likeness (QED) is 0.863. The molecule has 1 saturated carbocycles. The van der Waals surface area contributed by atoms with Crippen molar-refractivity contribution in [1.29, 1.82) is 0 Å². The molecule has 1 fully saturated rings. The predicted octanol–water partition coefficient (Wildman–Crippen LogP) is 3.62. The van der Waals surface area contributed by atoms with Gasteiger partial charge in [0.25, 0.3) is 0 Å². The molecule has 0 heterocycles. The van der Waals surface area contributed by atoms with E-state index in [2.05, 4.69) is 25.7 Å². The molecule has 1 aliphatic rings. The van der Waals surface area contributed by atoms with Gasteiger partial charge >= 0.3 is 0 Å². The summed E-state index contributed by atoms with van der Waals surface area (Å²) in [6, 6.07) is 4.81. The van der Waals surface area contributed by atoms with Crippen LogP contribution in [0.25, 0.3) is 0 Å². The van der Waals surface area contributed by atoms with Crippen molar-refractivity contribution in [2.24, 2.45) is 11.1 Å². The van der Waals surface area contributed by atoms with Crippen LogP contribution in [-0.4, -0.2) is 12.6 Å². The lowest BCUT2D eigenvalue weighted by Crippen LogP contribution is -2.26. The second kappa shape index (κ2) is 7.06. The average molecular weight is 289 g/mol. The standard InChI is InChI=1S/C18H24FNO/c1-18(2)7-5-17(6-8-18)21-13-15-10-14(4-3-9-20)11-16(19)12-15/h10-12,17H,5-9,13,20H2,1-2H3. The summed E-state index contributed by atoms with van der Waals surface area (Å²) in [6.07, 6.45) is 4.84. The summed E-state index contributed by atoms with van der Waals surface area (Å²) >= 11 is 0. The van der Waals surface area contributed by atoms with Crippen molar-refractivity contribution in [2.75, 3.05) is 6.54 Å². The lowest BCUT2D eigenvalue weighted by molar-refractivity contribution is -0.00567. The fraction of sp³-hybridized carbons (Fsp3) is 0.556. The predicted molar refractivity (Wildman–Crippen MR) is 83.2 cm³/mol. The van der Waals surface area contributed by atoms with Gasteiger partial charge in [0.1, 0.15) is 5.82 Å². The number of hydrogen-bond acceptors (Lipinski definition) is 2. The van der Waals surface area contributed by atoms with Crippen LogP contribution < -0.4 is 5.73 Å². The van der Waals surface area contributed by atoms with E-state index in [1.165, 1.54) is 25.0 Å². The number of nitrogens with two attached hydrogens (primary N) is 1. The van der Waals surface area contributed by atoms with Crippen molar-refractivity contribution in [3.63, 3.8) is 0 Å². The van der Waals surface area contributed by atoms with Crippen LogP contribution in [0.4, 0.5) is 4.39 Å². The van der Waals surface area contributed by atoms with Gasteiger partial charge in [0, 0.05) is 5.56 Å². The van der Waals surface area contributed by atoms with Crippen LogP contribution in [0.1, 0.15) is 50.7 Å². The Bertz CT molecular complexity index is 532. The van der Waals surface area contributed by atoms with Crippen LogP contribution in [0.3, 0.4) is 0 Å². The van der Waals surface area contributed by atoms with Crippen molar-refractivity contribution >= 4 is 0 Å². The topological polar surface area (TPSA) is 35.2 Å². The van der Waals surface area contributed by atoms with Crippen molar-refractivity contribution in [3.05, 3.63) is 35.1 Å². The molecular weight excluding hydrogens is 265 g/mol. The van der Waals surface area contributed by atoms with Crippen LogP contribution in [0.5, 0.6) is 0 Å². The Labute approximate surface area is 126 Å². The maximum Gasteiger partial charge on any atom is 0.124 e. The molecule has 1 aromatic carbocycles. The minimum atomic E-state index is -0.276. The third-order valence-electron chi connectivity index (χ3n) is 4.06. The Morgan fingerprint density at radius 2 is 2.00 bits per heavy atom. The summed E-state index contributed by atoms with van der Waals surface area (Å²) in [5, 5.41) is 0. The normalized spacial score (nSPS) is 18.1. The SMILES string of the molecule is CC1(C)CCC(OCc2cc(F)cc(C#CCN)c2)CC1. The van der Waals surface area contributed by atoms with Crippen molar-refractivity contribution in [3.8, 4) is 11.8 Å². The van der Waals surface area contributed by atoms with Crippen molar-refractivity contribution < 1.29 is 9.13 Å². The van der Waals surface area contributed by atoms with E-state index in [1.54, 1.807) is 0 Å². The van der Waals surface area contributed by atoms with Gasteiger partial charge in [0.05, 0.1) is 19.3 Å². The molecule has 2 rings (SSSR count). The maximum atomic E-state index is 13.6. The molecule has 114 valence electrons. The molecule has 0 atom stereocenters. The largest absolute Gasteiger partial charge is 0.374 e. The highest BCUT2D eigenvalue weighted by Gasteiger charge is 2.27. The molecule has 0 saturated heterocycles. The zero-order valence-corrected chi connectivity index (χ0v) is 12.9. The summed E-state index contributed by atoms with van der Waals surface area (Å²) < 4.78 is 19.5. The van der Waals surface area contributed by atoms with Gasteiger partial charge in [-0.3, -0.25) is 0 Å². The highest BCUT2D eigenvalue weighted by atomic mass is 19.1. The molecule has 2 N–H and O–H groups in total. The maximum absolute atomic E-state index is 13.6. The van der Waals surface area contributed by atoms with Crippen LogP contribution in [-0.2, 0) is 11.3 Å². The Morgan fingerprint density at radius 1 is 1.29 bits per heavy atom. The van der Waals surface area contributed by atoms with E-state index in [0.717, 1.165) is 18.4 Å². The van der Waals surface area contributed by atoms with E-state index in [4.69, 9.17) is 10.5 Å². The summed E-state index contributed by atoms with van der Waals surface area (Å²) in [4.78, 5) is 0. The number of ether oxygens (including phenoxy) is 1. The summed E-state index contributed by atoms with van der Waals surface area (Å²) in [5.41, 5.74) is 7.26. The van der Waals surface area contributed by atoms with E-state index in [1.807, 2.05) is 6.07 Å². The van der Waals surface area contributed by atoms with Gasteiger partial charge < -0.3 is 10.5 Å². The van der Waals surface area contributed by atoms with E-state index in [-0.39, 0.29) is 12.4 Å². The Balaban J connectivity index is 1.93. The van der Waals surface area contributed by atoms with Crippen LogP contribution in [0, 0.1) is 23.1 Å². The van der Waals surface area contributed by atoms with Crippen LogP contribution in [0.15, 0.2) is 18.2 Å². The molecule has 0 unspecified atom stereocenters. The second-order valence-electron chi connectivity index (χ2n) is 6.53.